The fourth-order valence-corrected chi connectivity index (χ4v) is 2.45. The van der Waals surface area contributed by atoms with Crippen LogP contribution >= 0.6 is 11.6 Å². The van der Waals surface area contributed by atoms with Gasteiger partial charge in [-0.05, 0) is 47.2 Å². The van der Waals surface area contributed by atoms with Crippen molar-refractivity contribution in [1.29, 1.82) is 0 Å². The Morgan fingerprint density at radius 1 is 1.00 bits per heavy atom. The maximum Gasteiger partial charge on any atom is 0.0554 e. The zero-order chi connectivity index (χ0) is 13.8. The van der Waals surface area contributed by atoms with Crippen LogP contribution in [0.4, 0.5) is 0 Å². The zero-order valence-corrected chi connectivity index (χ0v) is 12.2. The molecule has 1 unspecified atom stereocenters. The lowest BCUT2D eigenvalue weighted by Gasteiger charge is -2.17. The van der Waals surface area contributed by atoms with Crippen molar-refractivity contribution >= 4 is 11.6 Å². The summed E-state index contributed by atoms with van der Waals surface area (Å²) >= 11 is 5.93. The standard InChI is InChI=1S/C17H20ClN/c1-3-12-5-6-13(4-2)16(11-12)17(19)14-7-9-15(18)10-8-14/h5-11,17H,3-4,19H2,1-2H3. The molecule has 19 heavy (non-hydrogen) atoms. The second-order valence-corrected chi connectivity index (χ2v) is 5.21. The Labute approximate surface area is 120 Å². The average Bonchev–Trinajstić information content (AvgIpc) is 2.46. The first-order valence-electron chi connectivity index (χ1n) is 6.78. The number of rotatable bonds is 4. The largest absolute Gasteiger partial charge is 0.320 e. The van der Waals surface area contributed by atoms with Gasteiger partial charge in [-0.15, -0.1) is 0 Å². The summed E-state index contributed by atoms with van der Waals surface area (Å²) in [7, 11) is 0. The number of aryl methyl sites for hydroxylation is 2. The normalized spacial score (nSPS) is 12.4. The number of halogens is 1. The summed E-state index contributed by atoms with van der Waals surface area (Å²) in [5, 5.41) is 0.744. The van der Waals surface area contributed by atoms with Gasteiger partial charge in [0.05, 0.1) is 6.04 Å². The lowest BCUT2D eigenvalue weighted by molar-refractivity contribution is 0.845. The molecule has 0 aliphatic rings. The van der Waals surface area contributed by atoms with Crippen LogP contribution in [-0.4, -0.2) is 0 Å². The molecule has 0 saturated carbocycles. The number of hydrogen-bond donors (Lipinski definition) is 1. The highest BCUT2D eigenvalue weighted by Gasteiger charge is 2.13. The van der Waals surface area contributed by atoms with Crippen molar-refractivity contribution < 1.29 is 0 Å². The van der Waals surface area contributed by atoms with Gasteiger partial charge in [-0.3, -0.25) is 0 Å². The summed E-state index contributed by atoms with van der Waals surface area (Å²) in [6.45, 7) is 4.33. The molecule has 2 aromatic rings. The minimum Gasteiger partial charge on any atom is -0.320 e. The predicted molar refractivity (Wildman–Crippen MR) is 82.7 cm³/mol. The van der Waals surface area contributed by atoms with Crippen LogP contribution < -0.4 is 5.73 Å². The fraction of sp³-hybridized carbons (Fsp3) is 0.294. The Bertz CT molecular complexity index is 546. The van der Waals surface area contributed by atoms with Crippen LogP contribution in [-0.2, 0) is 12.8 Å². The molecule has 2 heteroatoms. The van der Waals surface area contributed by atoms with E-state index in [1.807, 2.05) is 24.3 Å². The third kappa shape index (κ3) is 3.17. The van der Waals surface area contributed by atoms with Gasteiger partial charge in [-0.2, -0.15) is 0 Å². The van der Waals surface area contributed by atoms with Crippen molar-refractivity contribution in [2.24, 2.45) is 5.73 Å². The summed E-state index contributed by atoms with van der Waals surface area (Å²) in [6, 6.07) is 14.3. The maximum absolute atomic E-state index is 6.42. The summed E-state index contributed by atoms with van der Waals surface area (Å²) in [6.07, 6.45) is 2.03. The van der Waals surface area contributed by atoms with Crippen molar-refractivity contribution in [3.05, 3.63) is 69.7 Å². The van der Waals surface area contributed by atoms with E-state index < -0.39 is 0 Å². The van der Waals surface area contributed by atoms with Crippen LogP contribution in [0.2, 0.25) is 5.02 Å². The van der Waals surface area contributed by atoms with Crippen LogP contribution in [0.25, 0.3) is 0 Å². The SMILES string of the molecule is CCc1ccc(CC)c(C(N)c2ccc(Cl)cc2)c1. The van der Waals surface area contributed by atoms with E-state index in [0.29, 0.717) is 0 Å². The molecule has 0 amide bonds. The molecule has 0 heterocycles. The molecule has 0 spiro atoms. The molecule has 0 fully saturated rings. The first-order valence-corrected chi connectivity index (χ1v) is 7.16. The van der Waals surface area contributed by atoms with Gasteiger partial charge in [0.25, 0.3) is 0 Å². The van der Waals surface area contributed by atoms with E-state index in [9.17, 15) is 0 Å². The second-order valence-electron chi connectivity index (χ2n) is 4.77. The average molecular weight is 274 g/mol. The van der Waals surface area contributed by atoms with Crippen LogP contribution in [0.15, 0.2) is 42.5 Å². The lowest BCUT2D eigenvalue weighted by Crippen LogP contribution is -2.14. The molecule has 2 rings (SSSR count). The molecule has 0 aliphatic carbocycles. The molecular weight excluding hydrogens is 254 g/mol. The number of benzene rings is 2. The van der Waals surface area contributed by atoms with Gasteiger partial charge in [0.15, 0.2) is 0 Å². The minimum atomic E-state index is -0.0845. The topological polar surface area (TPSA) is 26.0 Å². The first kappa shape index (κ1) is 14.1. The molecule has 100 valence electrons. The van der Waals surface area contributed by atoms with Gasteiger partial charge >= 0.3 is 0 Å². The van der Waals surface area contributed by atoms with Crippen molar-refractivity contribution in [2.45, 2.75) is 32.7 Å². The molecule has 1 nitrogen and oxygen atoms in total. The van der Waals surface area contributed by atoms with Gasteiger partial charge in [0.1, 0.15) is 0 Å². The molecule has 0 saturated heterocycles. The van der Waals surface area contributed by atoms with Crippen LogP contribution in [0.3, 0.4) is 0 Å². The summed E-state index contributed by atoms with van der Waals surface area (Å²) < 4.78 is 0. The van der Waals surface area contributed by atoms with Crippen molar-refractivity contribution in [1.82, 2.24) is 0 Å². The van der Waals surface area contributed by atoms with Crippen LogP contribution in [0.5, 0.6) is 0 Å². The number of hydrogen-bond acceptors (Lipinski definition) is 1. The monoisotopic (exact) mass is 273 g/mol. The first-order chi connectivity index (χ1) is 9.15. The van der Waals surface area contributed by atoms with Gasteiger partial charge in [0, 0.05) is 5.02 Å². The van der Waals surface area contributed by atoms with E-state index in [4.69, 9.17) is 17.3 Å². The number of nitrogens with two attached hydrogens (primary N) is 1. The maximum atomic E-state index is 6.42. The van der Waals surface area contributed by atoms with E-state index in [1.165, 1.54) is 16.7 Å². The summed E-state index contributed by atoms with van der Waals surface area (Å²) in [5.41, 5.74) is 11.4. The molecule has 0 bridgehead atoms. The highest BCUT2D eigenvalue weighted by molar-refractivity contribution is 6.30. The Kier molecular flexibility index (Phi) is 4.62. The molecule has 0 aromatic heterocycles. The highest BCUT2D eigenvalue weighted by Crippen LogP contribution is 2.26. The Balaban J connectivity index is 2.41. The molecule has 1 atom stereocenters. The quantitative estimate of drug-likeness (QED) is 0.871. The van der Waals surface area contributed by atoms with Crippen molar-refractivity contribution in [2.75, 3.05) is 0 Å². The third-order valence-electron chi connectivity index (χ3n) is 3.56. The Morgan fingerprint density at radius 2 is 1.68 bits per heavy atom. The fourth-order valence-electron chi connectivity index (χ4n) is 2.33. The summed E-state index contributed by atoms with van der Waals surface area (Å²) in [5.74, 6) is 0. The van der Waals surface area contributed by atoms with Gasteiger partial charge in [-0.25, -0.2) is 0 Å². The molecule has 2 N–H and O–H groups in total. The van der Waals surface area contributed by atoms with Crippen molar-refractivity contribution in [3.8, 4) is 0 Å². The predicted octanol–water partition coefficient (Wildman–Crippen LogP) is 4.51. The van der Waals surface area contributed by atoms with Crippen LogP contribution in [0.1, 0.15) is 42.1 Å². The molecule has 0 aliphatic heterocycles. The third-order valence-corrected chi connectivity index (χ3v) is 3.82. The van der Waals surface area contributed by atoms with Crippen molar-refractivity contribution in [3.63, 3.8) is 0 Å². The Hall–Kier alpha value is -1.31. The zero-order valence-electron chi connectivity index (χ0n) is 11.5. The van der Waals surface area contributed by atoms with Crippen LogP contribution in [0, 0.1) is 0 Å². The minimum absolute atomic E-state index is 0.0845. The molecule has 0 radical (unpaired) electrons. The van der Waals surface area contributed by atoms with Gasteiger partial charge < -0.3 is 5.73 Å². The Morgan fingerprint density at radius 3 is 2.26 bits per heavy atom. The lowest BCUT2D eigenvalue weighted by atomic mass is 9.92. The summed E-state index contributed by atoms with van der Waals surface area (Å²) in [4.78, 5) is 0. The van der Waals surface area contributed by atoms with E-state index in [-0.39, 0.29) is 6.04 Å². The van der Waals surface area contributed by atoms with Gasteiger partial charge in [0.2, 0.25) is 0 Å². The molecular formula is C17H20ClN. The van der Waals surface area contributed by atoms with E-state index >= 15 is 0 Å². The van der Waals surface area contributed by atoms with E-state index in [0.717, 1.165) is 23.4 Å². The van der Waals surface area contributed by atoms with Gasteiger partial charge in [-0.1, -0.05) is 55.8 Å². The molecule has 2 aromatic carbocycles. The van der Waals surface area contributed by atoms with E-state index in [2.05, 4.69) is 32.0 Å². The van der Waals surface area contributed by atoms with E-state index in [1.54, 1.807) is 0 Å². The second kappa shape index (κ2) is 6.23. The smallest absolute Gasteiger partial charge is 0.0554 e. The highest BCUT2D eigenvalue weighted by atomic mass is 35.5.